The maximum atomic E-state index is 13.5. The number of nitrogens with zero attached hydrogens (tertiary/aromatic N) is 1. The van der Waals surface area contributed by atoms with Crippen LogP contribution in [0.4, 0.5) is 8.78 Å². The van der Waals surface area contributed by atoms with E-state index in [1.807, 2.05) is 30.3 Å². The summed E-state index contributed by atoms with van der Waals surface area (Å²) in [6.45, 7) is -0.120. The number of benzene rings is 1. The zero-order valence-corrected chi connectivity index (χ0v) is 14.3. The number of nitrogens with one attached hydrogen (secondary N) is 1. The van der Waals surface area contributed by atoms with Gasteiger partial charge in [-0.1, -0.05) is 30.3 Å². The molecule has 1 aliphatic carbocycles. The minimum absolute atomic E-state index is 0.0480. The molecule has 1 fully saturated rings. The number of aliphatic hydroxyl groups is 1. The number of ether oxygens (including phenoxy) is 1. The van der Waals surface area contributed by atoms with Crippen molar-refractivity contribution >= 4 is 16.0 Å². The molecule has 25 heavy (non-hydrogen) atoms. The van der Waals surface area contributed by atoms with Crippen molar-refractivity contribution < 1.29 is 27.0 Å². The third-order valence-corrected chi connectivity index (χ3v) is 6.14. The quantitative estimate of drug-likeness (QED) is 0.841. The number of rotatable bonds is 4. The summed E-state index contributed by atoms with van der Waals surface area (Å²) in [4.78, 5) is 0. The van der Waals surface area contributed by atoms with Crippen LogP contribution in [0.2, 0.25) is 0 Å². The summed E-state index contributed by atoms with van der Waals surface area (Å²) in [6, 6.07) is 8.54. The molecule has 138 valence electrons. The lowest BCUT2D eigenvalue weighted by Crippen LogP contribution is -2.51. The average molecular weight is 374 g/mol. The molecule has 1 saturated carbocycles. The smallest absolute Gasteiger partial charge is 0.301 e. The topological polar surface area (TPSA) is 88.0 Å². The molecule has 0 saturated heterocycles. The zero-order chi connectivity index (χ0) is 18.1. The second-order valence-corrected chi connectivity index (χ2v) is 8.14. The van der Waals surface area contributed by atoms with E-state index in [0.29, 0.717) is 6.42 Å². The molecule has 2 aliphatic rings. The van der Waals surface area contributed by atoms with Gasteiger partial charge in [-0.05, 0) is 18.4 Å². The SMILES string of the molecule is O=S1(=O)N=C(N[C@@H](CCO)c2ccccc2)OC2CCC(F)(F)CC21. The van der Waals surface area contributed by atoms with Crippen LogP contribution in [0, 0.1) is 0 Å². The van der Waals surface area contributed by atoms with Gasteiger partial charge in [0.2, 0.25) is 5.92 Å². The van der Waals surface area contributed by atoms with Gasteiger partial charge in [-0.25, -0.2) is 17.2 Å². The van der Waals surface area contributed by atoms with Crippen LogP contribution in [0.1, 0.15) is 37.3 Å². The number of sulfonamides is 1. The molecule has 0 bridgehead atoms. The highest BCUT2D eigenvalue weighted by molar-refractivity contribution is 7.91. The van der Waals surface area contributed by atoms with Crippen LogP contribution in [0.5, 0.6) is 0 Å². The van der Waals surface area contributed by atoms with E-state index in [-0.39, 0.29) is 19.0 Å². The molecule has 3 atom stereocenters. The molecular weight excluding hydrogens is 354 g/mol. The van der Waals surface area contributed by atoms with E-state index >= 15 is 0 Å². The summed E-state index contributed by atoms with van der Waals surface area (Å²) in [5.41, 5.74) is 0.831. The van der Waals surface area contributed by atoms with Crippen LogP contribution in [-0.4, -0.2) is 43.4 Å². The van der Waals surface area contributed by atoms with E-state index in [9.17, 15) is 22.3 Å². The van der Waals surface area contributed by atoms with Gasteiger partial charge in [0.15, 0.2) is 0 Å². The predicted octanol–water partition coefficient (Wildman–Crippen LogP) is 1.97. The molecule has 1 aliphatic heterocycles. The van der Waals surface area contributed by atoms with Crippen LogP contribution in [0.25, 0.3) is 0 Å². The van der Waals surface area contributed by atoms with Gasteiger partial charge in [-0.2, -0.15) is 0 Å². The first-order valence-electron chi connectivity index (χ1n) is 8.11. The number of amidine groups is 1. The molecule has 0 aromatic heterocycles. The number of hydrogen-bond acceptors (Lipinski definition) is 5. The summed E-state index contributed by atoms with van der Waals surface area (Å²) in [6.07, 6.45) is -1.74. The molecule has 9 heteroatoms. The Morgan fingerprint density at radius 2 is 2.08 bits per heavy atom. The maximum absolute atomic E-state index is 13.5. The van der Waals surface area contributed by atoms with Gasteiger partial charge in [0.05, 0.1) is 6.04 Å². The highest BCUT2D eigenvalue weighted by atomic mass is 32.2. The van der Waals surface area contributed by atoms with Crippen molar-refractivity contribution in [2.24, 2.45) is 4.40 Å². The normalized spacial score (nSPS) is 28.2. The van der Waals surface area contributed by atoms with Gasteiger partial charge in [-0.15, -0.1) is 4.40 Å². The number of fused-ring (bicyclic) bond motifs is 1. The molecule has 0 amide bonds. The third kappa shape index (κ3) is 4.09. The van der Waals surface area contributed by atoms with Crippen molar-refractivity contribution in [2.45, 2.75) is 49.0 Å². The lowest BCUT2D eigenvalue weighted by atomic mass is 9.93. The second kappa shape index (κ2) is 6.87. The zero-order valence-electron chi connectivity index (χ0n) is 13.4. The van der Waals surface area contributed by atoms with Gasteiger partial charge >= 0.3 is 6.02 Å². The molecule has 0 spiro atoms. The summed E-state index contributed by atoms with van der Waals surface area (Å²) < 4.78 is 60.8. The van der Waals surface area contributed by atoms with E-state index in [4.69, 9.17) is 4.74 Å². The minimum Gasteiger partial charge on any atom is -0.460 e. The van der Waals surface area contributed by atoms with Crippen LogP contribution in [0.15, 0.2) is 34.7 Å². The Balaban J connectivity index is 1.82. The van der Waals surface area contributed by atoms with E-state index in [1.165, 1.54) is 0 Å². The summed E-state index contributed by atoms with van der Waals surface area (Å²) in [5.74, 6) is -3.01. The van der Waals surface area contributed by atoms with E-state index < -0.39 is 46.2 Å². The fourth-order valence-corrected chi connectivity index (χ4v) is 4.69. The Morgan fingerprint density at radius 3 is 2.76 bits per heavy atom. The van der Waals surface area contributed by atoms with E-state index in [0.717, 1.165) is 5.56 Å². The highest BCUT2D eigenvalue weighted by Crippen LogP contribution is 2.39. The van der Waals surface area contributed by atoms with Gasteiger partial charge in [0, 0.05) is 19.4 Å². The van der Waals surface area contributed by atoms with Crippen molar-refractivity contribution in [3.05, 3.63) is 35.9 Å². The van der Waals surface area contributed by atoms with Gasteiger partial charge in [0.1, 0.15) is 11.4 Å². The van der Waals surface area contributed by atoms with E-state index in [1.54, 1.807) is 0 Å². The molecule has 1 aromatic carbocycles. The van der Waals surface area contributed by atoms with Crippen molar-refractivity contribution in [1.82, 2.24) is 5.32 Å². The molecule has 6 nitrogen and oxygen atoms in total. The first-order chi connectivity index (χ1) is 11.8. The molecule has 3 rings (SSSR count). The molecule has 0 radical (unpaired) electrons. The number of alkyl halides is 2. The summed E-state index contributed by atoms with van der Waals surface area (Å²) >= 11 is 0. The Hall–Kier alpha value is -1.74. The Labute approximate surface area is 145 Å². The molecular formula is C16H20F2N2O4S. The fourth-order valence-electron chi connectivity index (χ4n) is 3.19. The fraction of sp³-hybridized carbons (Fsp3) is 0.562. The largest absolute Gasteiger partial charge is 0.460 e. The molecule has 2 unspecified atom stereocenters. The maximum Gasteiger partial charge on any atom is 0.301 e. The van der Waals surface area contributed by atoms with E-state index in [2.05, 4.69) is 9.71 Å². The highest BCUT2D eigenvalue weighted by Gasteiger charge is 2.51. The van der Waals surface area contributed by atoms with Gasteiger partial charge in [0.25, 0.3) is 10.0 Å². The Bertz CT molecular complexity index is 740. The van der Waals surface area contributed by atoms with Crippen LogP contribution < -0.4 is 5.32 Å². The Kier molecular flexibility index (Phi) is 4.97. The molecule has 2 N–H and O–H groups in total. The monoisotopic (exact) mass is 374 g/mol. The summed E-state index contributed by atoms with van der Waals surface area (Å²) in [5, 5.41) is 10.8. The van der Waals surface area contributed by atoms with Gasteiger partial charge < -0.3 is 15.2 Å². The second-order valence-electron chi connectivity index (χ2n) is 6.32. The predicted molar refractivity (Wildman–Crippen MR) is 87.8 cm³/mol. The number of hydrogen-bond donors (Lipinski definition) is 2. The molecule has 1 aromatic rings. The lowest BCUT2D eigenvalue weighted by Gasteiger charge is -2.37. The van der Waals surface area contributed by atoms with Gasteiger partial charge in [-0.3, -0.25) is 0 Å². The minimum atomic E-state index is -4.09. The lowest BCUT2D eigenvalue weighted by molar-refractivity contribution is -0.0600. The molecule has 1 heterocycles. The van der Waals surface area contributed by atoms with Crippen LogP contribution in [-0.2, 0) is 14.8 Å². The number of aliphatic hydroxyl groups excluding tert-OH is 1. The van der Waals surface area contributed by atoms with Crippen molar-refractivity contribution in [1.29, 1.82) is 0 Å². The van der Waals surface area contributed by atoms with Crippen molar-refractivity contribution in [3.8, 4) is 0 Å². The average Bonchev–Trinajstić information content (AvgIpc) is 2.55. The summed E-state index contributed by atoms with van der Waals surface area (Å²) in [7, 11) is -4.09. The first-order valence-corrected chi connectivity index (χ1v) is 9.62. The Morgan fingerprint density at radius 1 is 1.36 bits per heavy atom. The third-order valence-electron chi connectivity index (χ3n) is 4.48. The number of halogens is 2. The standard InChI is InChI=1S/C16H20F2N2O4S/c17-16(18)8-6-13-14(10-16)25(22,23)20-15(24-13)19-12(7-9-21)11-4-2-1-3-5-11/h1-5,12-14,21H,6-10H2,(H,19,20)/t12-,13?,14?/m0/s1. The van der Waals surface area contributed by atoms with Crippen molar-refractivity contribution in [3.63, 3.8) is 0 Å². The van der Waals surface area contributed by atoms with Crippen LogP contribution in [0.3, 0.4) is 0 Å². The van der Waals surface area contributed by atoms with Crippen LogP contribution >= 0.6 is 0 Å². The van der Waals surface area contributed by atoms with Crippen molar-refractivity contribution in [2.75, 3.05) is 6.61 Å². The first kappa shape index (κ1) is 18.1.